The fourth-order valence-electron chi connectivity index (χ4n) is 0.264. The first-order chi connectivity index (χ1) is 8.39. The molecule has 0 aromatic carbocycles. The van der Waals surface area contributed by atoms with E-state index in [9.17, 15) is 22.8 Å². The molecule has 8 nitrogen and oxygen atoms in total. The topological polar surface area (TPSA) is 103 Å². The first-order valence-corrected chi connectivity index (χ1v) is 4.54. The van der Waals surface area contributed by atoms with Gasteiger partial charge >= 0.3 is 24.2 Å². The van der Waals surface area contributed by atoms with Gasteiger partial charge in [-0.2, -0.15) is 13.2 Å². The molecular formula is C8H13F3N4O4. The van der Waals surface area contributed by atoms with Crippen molar-refractivity contribution in [3.8, 4) is 0 Å². The third kappa shape index (κ3) is 10.7. The van der Waals surface area contributed by atoms with E-state index in [2.05, 4.69) is 10.2 Å². The highest BCUT2D eigenvalue weighted by molar-refractivity contribution is 5.79. The van der Waals surface area contributed by atoms with Gasteiger partial charge in [-0.05, 0) is 0 Å². The molecule has 4 amide bonds. The normalized spacial score (nSPS) is 10.5. The van der Waals surface area contributed by atoms with Crippen LogP contribution >= 0.6 is 0 Å². The average molecular weight is 286 g/mol. The van der Waals surface area contributed by atoms with Crippen LogP contribution in [-0.4, -0.2) is 67.3 Å². The predicted octanol–water partition coefficient (Wildman–Crippen LogP) is 1.44. The van der Waals surface area contributed by atoms with E-state index in [1.807, 2.05) is 0 Å². The number of amides is 4. The van der Waals surface area contributed by atoms with Gasteiger partial charge in [0.05, 0.1) is 0 Å². The number of azo groups is 1. The largest absolute Gasteiger partial charge is 0.490 e. The van der Waals surface area contributed by atoms with Crippen LogP contribution in [0, 0.1) is 0 Å². The molecule has 0 radical (unpaired) electrons. The summed E-state index contributed by atoms with van der Waals surface area (Å²) in [6.45, 7) is 0. The number of hydrogen-bond acceptors (Lipinski definition) is 3. The molecule has 0 aliphatic rings. The molecule has 0 bridgehead atoms. The van der Waals surface area contributed by atoms with E-state index in [1.165, 1.54) is 38.0 Å². The minimum Gasteiger partial charge on any atom is -0.475 e. The van der Waals surface area contributed by atoms with E-state index < -0.39 is 24.2 Å². The van der Waals surface area contributed by atoms with Crippen molar-refractivity contribution in [3.63, 3.8) is 0 Å². The summed E-state index contributed by atoms with van der Waals surface area (Å²) in [5.41, 5.74) is 0. The average Bonchev–Trinajstić information content (AvgIpc) is 2.24. The van der Waals surface area contributed by atoms with Gasteiger partial charge in [-0.25, -0.2) is 14.4 Å². The predicted molar refractivity (Wildman–Crippen MR) is 56.7 cm³/mol. The summed E-state index contributed by atoms with van der Waals surface area (Å²) in [6.07, 6.45) is -5.08. The van der Waals surface area contributed by atoms with E-state index >= 15 is 0 Å². The number of rotatable bonds is 0. The Hall–Kier alpha value is -2.20. The van der Waals surface area contributed by atoms with Crippen LogP contribution in [0.1, 0.15) is 0 Å². The van der Waals surface area contributed by atoms with Crippen molar-refractivity contribution in [1.29, 1.82) is 0 Å². The number of carboxylic acid groups (broad SMARTS) is 1. The number of carbonyl (C=O) groups is 3. The Kier molecular flexibility index (Phi) is 8.06. The molecule has 0 rings (SSSR count). The molecule has 0 aliphatic heterocycles. The van der Waals surface area contributed by atoms with Gasteiger partial charge < -0.3 is 14.9 Å². The summed E-state index contributed by atoms with van der Waals surface area (Å²) in [4.78, 5) is 32.9. The zero-order valence-corrected chi connectivity index (χ0v) is 10.6. The van der Waals surface area contributed by atoms with E-state index in [-0.39, 0.29) is 0 Å². The van der Waals surface area contributed by atoms with Gasteiger partial charge in [0.2, 0.25) is 0 Å². The van der Waals surface area contributed by atoms with Crippen molar-refractivity contribution < 1.29 is 32.7 Å². The van der Waals surface area contributed by atoms with Gasteiger partial charge in [-0.15, -0.1) is 0 Å². The molecule has 0 fully saturated rings. The van der Waals surface area contributed by atoms with E-state index in [0.717, 1.165) is 0 Å². The Morgan fingerprint density at radius 2 is 1.11 bits per heavy atom. The highest BCUT2D eigenvalue weighted by atomic mass is 19.4. The molecule has 0 aromatic rings. The maximum atomic E-state index is 10.8. The Labute approximate surface area is 106 Å². The number of carboxylic acids is 1. The number of urea groups is 2. The molecule has 0 heterocycles. The standard InChI is InChI=1S/C6H12N4O2.C2HF3O2/c1-9(2)5(11)7-8-6(12)10(3)4;3-2(4,5)1(6)7/h1-4H3;(H,6,7). The zero-order valence-electron chi connectivity index (χ0n) is 10.6. The second kappa shape index (κ2) is 8.00. The summed E-state index contributed by atoms with van der Waals surface area (Å²) in [5.74, 6) is -2.76. The lowest BCUT2D eigenvalue weighted by Crippen LogP contribution is -2.21. The van der Waals surface area contributed by atoms with Gasteiger partial charge in [0.1, 0.15) is 0 Å². The lowest BCUT2D eigenvalue weighted by atomic mass is 10.7. The minimum absolute atomic E-state index is 0.551. The lowest BCUT2D eigenvalue weighted by molar-refractivity contribution is -0.192. The number of alkyl halides is 3. The van der Waals surface area contributed by atoms with Crippen molar-refractivity contribution in [1.82, 2.24) is 9.80 Å². The maximum absolute atomic E-state index is 10.8. The van der Waals surface area contributed by atoms with Crippen molar-refractivity contribution >= 4 is 18.0 Å². The van der Waals surface area contributed by atoms with Crippen LogP contribution in [0.3, 0.4) is 0 Å². The summed E-state index contributed by atoms with van der Waals surface area (Å²) in [5, 5.41) is 13.5. The fraction of sp³-hybridized carbons (Fsp3) is 0.625. The van der Waals surface area contributed by atoms with Crippen molar-refractivity contribution in [2.75, 3.05) is 28.2 Å². The fourth-order valence-corrected chi connectivity index (χ4v) is 0.264. The van der Waals surface area contributed by atoms with Crippen LogP contribution in [0.15, 0.2) is 10.2 Å². The first kappa shape index (κ1) is 19.1. The first-order valence-electron chi connectivity index (χ1n) is 4.54. The Bertz CT molecular complexity index is 343. The van der Waals surface area contributed by atoms with Crippen LogP contribution in [0.5, 0.6) is 0 Å². The van der Waals surface area contributed by atoms with Crippen LogP contribution in [0.25, 0.3) is 0 Å². The summed E-state index contributed by atoms with van der Waals surface area (Å²) in [6, 6.07) is -1.10. The third-order valence-corrected chi connectivity index (χ3v) is 1.23. The van der Waals surface area contributed by atoms with Crippen molar-refractivity contribution in [2.24, 2.45) is 10.2 Å². The maximum Gasteiger partial charge on any atom is 0.490 e. The molecule has 0 unspecified atom stereocenters. The second-order valence-electron chi connectivity index (χ2n) is 3.36. The summed E-state index contributed by atoms with van der Waals surface area (Å²) < 4.78 is 31.7. The molecule has 110 valence electrons. The number of halogens is 3. The SMILES string of the molecule is CN(C)C(=O)N=NC(=O)N(C)C.O=C(O)C(F)(F)F. The number of aliphatic carboxylic acids is 1. The Balaban J connectivity index is 0. The molecule has 1 N–H and O–H groups in total. The second-order valence-corrected chi connectivity index (χ2v) is 3.36. The number of nitrogens with zero attached hydrogens (tertiary/aromatic N) is 4. The highest BCUT2D eigenvalue weighted by Crippen LogP contribution is 2.13. The summed E-state index contributed by atoms with van der Waals surface area (Å²) in [7, 11) is 6.12. The molecule has 0 atom stereocenters. The quantitative estimate of drug-likeness (QED) is 0.680. The van der Waals surface area contributed by atoms with Crippen molar-refractivity contribution in [2.45, 2.75) is 6.18 Å². The highest BCUT2D eigenvalue weighted by Gasteiger charge is 2.38. The molecule has 0 aliphatic carbocycles. The van der Waals surface area contributed by atoms with Crippen LogP contribution in [0.4, 0.5) is 22.8 Å². The zero-order chi connectivity index (χ0) is 15.8. The van der Waals surface area contributed by atoms with Crippen molar-refractivity contribution in [3.05, 3.63) is 0 Å². The van der Waals surface area contributed by atoms with Gasteiger partial charge in [0.15, 0.2) is 0 Å². The Morgan fingerprint density at radius 3 is 1.21 bits per heavy atom. The van der Waals surface area contributed by atoms with Gasteiger partial charge in [0, 0.05) is 28.2 Å². The van der Waals surface area contributed by atoms with Crippen LogP contribution in [-0.2, 0) is 4.79 Å². The smallest absolute Gasteiger partial charge is 0.475 e. The molecule has 0 saturated carbocycles. The van der Waals surface area contributed by atoms with E-state index in [0.29, 0.717) is 0 Å². The summed E-state index contributed by atoms with van der Waals surface area (Å²) >= 11 is 0. The van der Waals surface area contributed by atoms with E-state index in [4.69, 9.17) is 9.90 Å². The van der Waals surface area contributed by atoms with Crippen LogP contribution < -0.4 is 0 Å². The Morgan fingerprint density at radius 1 is 0.895 bits per heavy atom. The number of carbonyl (C=O) groups excluding carboxylic acids is 2. The molecule has 0 spiro atoms. The minimum atomic E-state index is -5.08. The number of hydrogen-bond donors (Lipinski definition) is 1. The van der Waals surface area contributed by atoms with Gasteiger partial charge in [-0.1, -0.05) is 10.2 Å². The molecule has 11 heteroatoms. The van der Waals surface area contributed by atoms with Gasteiger partial charge in [0.25, 0.3) is 0 Å². The van der Waals surface area contributed by atoms with Crippen LogP contribution in [0.2, 0.25) is 0 Å². The monoisotopic (exact) mass is 286 g/mol. The molecule has 19 heavy (non-hydrogen) atoms. The third-order valence-electron chi connectivity index (χ3n) is 1.23. The molecule has 0 aromatic heterocycles. The van der Waals surface area contributed by atoms with Gasteiger partial charge in [-0.3, -0.25) is 0 Å². The molecule has 0 saturated heterocycles. The lowest BCUT2D eigenvalue weighted by Gasteiger charge is -2.05. The molecular weight excluding hydrogens is 273 g/mol. The van der Waals surface area contributed by atoms with E-state index in [1.54, 1.807) is 0 Å².